The van der Waals surface area contributed by atoms with Crippen molar-refractivity contribution in [3.8, 4) is 0 Å². The average Bonchev–Trinajstić information content (AvgIpc) is 3.03. The first-order valence-corrected chi connectivity index (χ1v) is 10.1. The first-order chi connectivity index (χ1) is 12.6. The van der Waals surface area contributed by atoms with Crippen molar-refractivity contribution < 1.29 is 9.59 Å². The van der Waals surface area contributed by atoms with Crippen LogP contribution < -0.4 is 10.6 Å². The van der Waals surface area contributed by atoms with Gasteiger partial charge in [0.2, 0.25) is 11.8 Å². The molecule has 7 heteroatoms. The highest BCUT2D eigenvalue weighted by Gasteiger charge is 2.08. The third-order valence-electron chi connectivity index (χ3n) is 3.53. The molecule has 1 heterocycles. The molecule has 0 fully saturated rings. The van der Waals surface area contributed by atoms with E-state index in [2.05, 4.69) is 15.6 Å². The van der Waals surface area contributed by atoms with E-state index in [-0.39, 0.29) is 11.8 Å². The molecule has 5 nitrogen and oxygen atoms in total. The maximum absolute atomic E-state index is 12.1. The second-order valence-corrected chi connectivity index (χ2v) is 7.73. The Balaban J connectivity index is 1.50. The van der Waals surface area contributed by atoms with Gasteiger partial charge in [-0.2, -0.15) is 0 Å². The Bertz CT molecular complexity index is 874. The maximum atomic E-state index is 12.1. The lowest BCUT2D eigenvalue weighted by Crippen LogP contribution is -2.13. The monoisotopic (exact) mass is 385 g/mol. The largest absolute Gasteiger partial charge is 0.326 e. The van der Waals surface area contributed by atoms with E-state index in [1.54, 1.807) is 0 Å². The molecule has 0 saturated heterocycles. The molecule has 134 valence electrons. The highest BCUT2D eigenvalue weighted by Crippen LogP contribution is 2.26. The molecule has 26 heavy (non-hydrogen) atoms. The van der Waals surface area contributed by atoms with Gasteiger partial charge in [0.25, 0.3) is 0 Å². The summed E-state index contributed by atoms with van der Waals surface area (Å²) in [5.74, 6) is 0.231. The predicted molar refractivity (Wildman–Crippen MR) is 109 cm³/mol. The molecule has 0 spiro atoms. The van der Waals surface area contributed by atoms with Crippen LogP contribution in [0.25, 0.3) is 10.2 Å². The molecule has 0 aliphatic heterocycles. The van der Waals surface area contributed by atoms with E-state index < -0.39 is 0 Å². The minimum absolute atomic E-state index is 0.0168. The fourth-order valence-corrected chi connectivity index (χ4v) is 3.90. The molecule has 0 aliphatic carbocycles. The number of benzene rings is 2. The van der Waals surface area contributed by atoms with Gasteiger partial charge < -0.3 is 10.6 Å². The van der Waals surface area contributed by atoms with Crippen LogP contribution in [0.5, 0.6) is 0 Å². The highest BCUT2D eigenvalue weighted by molar-refractivity contribution is 8.00. The number of rotatable bonds is 7. The molecule has 2 amide bonds. The Morgan fingerprint density at radius 2 is 1.81 bits per heavy atom. The Labute approximate surface area is 160 Å². The topological polar surface area (TPSA) is 71.1 Å². The van der Waals surface area contributed by atoms with Crippen LogP contribution in [0.1, 0.15) is 19.8 Å². The second kappa shape index (κ2) is 8.82. The van der Waals surface area contributed by atoms with Crippen LogP contribution in [-0.2, 0) is 9.59 Å². The number of carbonyl (C=O) groups is 2. The Morgan fingerprint density at radius 1 is 1.04 bits per heavy atom. The molecule has 1 aromatic heterocycles. The SMILES string of the molecule is CCCC(=O)Nc1ccc(SCC(=O)Nc2nc3ccccc3s2)cc1. The predicted octanol–water partition coefficient (Wildman–Crippen LogP) is 4.77. The summed E-state index contributed by atoms with van der Waals surface area (Å²) in [4.78, 5) is 29.1. The fraction of sp³-hybridized carbons (Fsp3) is 0.211. The van der Waals surface area contributed by atoms with Crippen molar-refractivity contribution in [2.45, 2.75) is 24.7 Å². The van der Waals surface area contributed by atoms with Gasteiger partial charge in [0.1, 0.15) is 0 Å². The summed E-state index contributed by atoms with van der Waals surface area (Å²) in [6.45, 7) is 1.97. The number of thiazole rings is 1. The van der Waals surface area contributed by atoms with E-state index in [0.717, 1.165) is 27.2 Å². The van der Waals surface area contributed by atoms with Gasteiger partial charge in [0.15, 0.2) is 5.13 Å². The van der Waals surface area contributed by atoms with Crippen LogP contribution in [-0.4, -0.2) is 22.6 Å². The average molecular weight is 386 g/mol. The smallest absolute Gasteiger partial charge is 0.236 e. The molecule has 0 bridgehead atoms. The van der Waals surface area contributed by atoms with Gasteiger partial charge in [-0.1, -0.05) is 30.4 Å². The molecule has 3 rings (SSSR count). The molecular weight excluding hydrogens is 366 g/mol. The van der Waals surface area contributed by atoms with E-state index in [1.165, 1.54) is 23.1 Å². The van der Waals surface area contributed by atoms with Gasteiger partial charge in [0.05, 0.1) is 16.0 Å². The second-order valence-electron chi connectivity index (χ2n) is 5.65. The lowest BCUT2D eigenvalue weighted by atomic mass is 10.3. The molecule has 0 aliphatic rings. The number of hydrogen-bond donors (Lipinski definition) is 2. The number of para-hydroxylation sites is 1. The summed E-state index contributed by atoms with van der Waals surface area (Å²) in [5, 5.41) is 6.31. The molecule has 0 saturated carbocycles. The lowest BCUT2D eigenvalue weighted by molar-refractivity contribution is -0.116. The lowest BCUT2D eigenvalue weighted by Gasteiger charge is -2.06. The van der Waals surface area contributed by atoms with Crippen molar-refractivity contribution in [3.05, 3.63) is 48.5 Å². The molecular formula is C19H19N3O2S2. The van der Waals surface area contributed by atoms with E-state index in [1.807, 2.05) is 55.5 Å². The Hall–Kier alpha value is -2.38. The number of aromatic nitrogens is 1. The minimum atomic E-state index is -0.0885. The number of anilines is 2. The van der Waals surface area contributed by atoms with Crippen LogP contribution in [0, 0.1) is 0 Å². The number of fused-ring (bicyclic) bond motifs is 1. The van der Waals surface area contributed by atoms with Crippen molar-refractivity contribution in [2.75, 3.05) is 16.4 Å². The van der Waals surface area contributed by atoms with Gasteiger partial charge in [-0.15, -0.1) is 11.8 Å². The zero-order valence-electron chi connectivity index (χ0n) is 14.3. The Morgan fingerprint density at radius 3 is 2.54 bits per heavy atom. The van der Waals surface area contributed by atoms with Gasteiger partial charge in [-0.3, -0.25) is 9.59 Å². The highest BCUT2D eigenvalue weighted by atomic mass is 32.2. The number of nitrogens with zero attached hydrogens (tertiary/aromatic N) is 1. The van der Waals surface area contributed by atoms with Crippen molar-refractivity contribution in [1.29, 1.82) is 0 Å². The maximum Gasteiger partial charge on any atom is 0.236 e. The summed E-state index contributed by atoms with van der Waals surface area (Å²) < 4.78 is 1.05. The standard InChI is InChI=1S/C19H19N3O2S2/c1-2-5-17(23)20-13-8-10-14(11-9-13)25-12-18(24)22-19-21-15-6-3-4-7-16(15)26-19/h3-4,6-11H,2,5,12H2,1H3,(H,20,23)(H,21,22,24). The Kier molecular flexibility index (Phi) is 6.25. The van der Waals surface area contributed by atoms with Gasteiger partial charge in [-0.25, -0.2) is 4.98 Å². The number of amides is 2. The summed E-state index contributed by atoms with van der Waals surface area (Å²) in [6.07, 6.45) is 1.34. The third kappa shape index (κ3) is 5.06. The first-order valence-electron chi connectivity index (χ1n) is 8.32. The van der Waals surface area contributed by atoms with Gasteiger partial charge >= 0.3 is 0 Å². The number of nitrogens with one attached hydrogen (secondary N) is 2. The van der Waals surface area contributed by atoms with Crippen molar-refractivity contribution in [2.24, 2.45) is 0 Å². The quantitative estimate of drug-likeness (QED) is 0.575. The minimum Gasteiger partial charge on any atom is -0.326 e. The van der Waals surface area contributed by atoms with E-state index in [9.17, 15) is 9.59 Å². The molecule has 3 aromatic rings. The summed E-state index contributed by atoms with van der Waals surface area (Å²) in [5.41, 5.74) is 1.66. The number of hydrogen-bond acceptors (Lipinski definition) is 5. The van der Waals surface area contributed by atoms with E-state index in [4.69, 9.17) is 0 Å². The van der Waals surface area contributed by atoms with Crippen LogP contribution in [0.15, 0.2) is 53.4 Å². The molecule has 0 unspecified atom stereocenters. The molecule has 2 aromatic carbocycles. The summed E-state index contributed by atoms with van der Waals surface area (Å²) in [6, 6.07) is 15.3. The van der Waals surface area contributed by atoms with Crippen LogP contribution in [0.2, 0.25) is 0 Å². The molecule has 0 radical (unpaired) electrons. The van der Waals surface area contributed by atoms with Crippen molar-refractivity contribution in [3.63, 3.8) is 0 Å². The number of carbonyl (C=O) groups excluding carboxylic acids is 2. The van der Waals surface area contributed by atoms with Gasteiger partial charge in [-0.05, 0) is 42.8 Å². The molecule has 2 N–H and O–H groups in total. The fourth-order valence-electron chi connectivity index (χ4n) is 2.31. The zero-order chi connectivity index (χ0) is 18.4. The van der Waals surface area contributed by atoms with Crippen molar-refractivity contribution >= 4 is 55.9 Å². The third-order valence-corrected chi connectivity index (χ3v) is 5.49. The number of thioether (sulfide) groups is 1. The van der Waals surface area contributed by atoms with E-state index in [0.29, 0.717) is 17.3 Å². The molecule has 0 atom stereocenters. The van der Waals surface area contributed by atoms with Crippen LogP contribution in [0.3, 0.4) is 0 Å². The van der Waals surface area contributed by atoms with Crippen LogP contribution in [0.4, 0.5) is 10.8 Å². The van der Waals surface area contributed by atoms with Crippen LogP contribution >= 0.6 is 23.1 Å². The van der Waals surface area contributed by atoms with Crippen molar-refractivity contribution in [1.82, 2.24) is 4.98 Å². The van der Waals surface area contributed by atoms with Gasteiger partial charge in [0, 0.05) is 17.0 Å². The first kappa shape index (κ1) is 18.4. The normalized spacial score (nSPS) is 10.7. The summed E-state index contributed by atoms with van der Waals surface area (Å²) in [7, 11) is 0. The van der Waals surface area contributed by atoms with E-state index >= 15 is 0 Å². The summed E-state index contributed by atoms with van der Waals surface area (Å²) >= 11 is 2.91. The zero-order valence-corrected chi connectivity index (χ0v) is 16.0.